The Bertz CT molecular complexity index is 2740. The van der Waals surface area contributed by atoms with Crippen molar-refractivity contribution in [3.63, 3.8) is 0 Å². The average Bonchev–Trinajstić information content (AvgIpc) is 3.36. The molecule has 0 fully saturated rings. The molecule has 10 rings (SSSR count). The van der Waals surface area contributed by atoms with Gasteiger partial charge in [-0.25, -0.2) is 4.98 Å². The Hall–Kier alpha value is -5.86. The fraction of sp³-hybridized carbons (Fsp3) is 0.0667. The number of nitrogens with zero attached hydrogens (tertiary/aromatic N) is 2. The van der Waals surface area contributed by atoms with E-state index in [9.17, 15) is 0 Å². The lowest BCUT2D eigenvalue weighted by Crippen LogP contribution is -2.14. The summed E-state index contributed by atoms with van der Waals surface area (Å²) in [4.78, 5) is 10.2. The van der Waals surface area contributed by atoms with Gasteiger partial charge >= 0.3 is 0 Å². The number of rotatable bonds is 2. The first-order valence-electron chi connectivity index (χ1n) is 16.3. The molecule has 0 unspecified atom stereocenters. The Morgan fingerprint density at radius 2 is 0.979 bits per heavy atom. The van der Waals surface area contributed by atoms with Crippen molar-refractivity contribution in [3.05, 3.63) is 157 Å². The van der Waals surface area contributed by atoms with Crippen LogP contribution < -0.4 is 0 Å². The molecule has 0 N–H and O–H groups in total. The van der Waals surface area contributed by atoms with Crippen LogP contribution >= 0.6 is 0 Å². The molecule has 1 aromatic heterocycles. The number of hydrogen-bond acceptors (Lipinski definition) is 2. The molecule has 1 heterocycles. The van der Waals surface area contributed by atoms with Crippen LogP contribution in [0.2, 0.25) is 0 Å². The summed E-state index contributed by atoms with van der Waals surface area (Å²) >= 11 is 0. The Morgan fingerprint density at radius 3 is 1.72 bits per heavy atom. The van der Waals surface area contributed by atoms with Gasteiger partial charge in [0.1, 0.15) is 0 Å². The Morgan fingerprint density at radius 1 is 0.426 bits per heavy atom. The van der Waals surface area contributed by atoms with Crippen molar-refractivity contribution >= 4 is 54.1 Å². The molecule has 220 valence electrons. The van der Waals surface area contributed by atoms with Crippen molar-refractivity contribution in [3.8, 4) is 33.5 Å². The number of aromatic nitrogens is 2. The van der Waals surface area contributed by atoms with E-state index in [4.69, 9.17) is 9.97 Å². The molecule has 2 nitrogen and oxygen atoms in total. The molecule has 0 saturated carbocycles. The van der Waals surface area contributed by atoms with Crippen LogP contribution in [-0.2, 0) is 5.41 Å². The van der Waals surface area contributed by atoms with Crippen LogP contribution in [0.4, 0.5) is 0 Å². The SMILES string of the molecule is CC1(C)c2ccccc2-c2ccc(-c3ccc4c(ccc5cc(-c6cnc7c8ccccc8c8ccccc8c7n6)ccc54)c3)cc21. The summed E-state index contributed by atoms with van der Waals surface area (Å²) in [6.07, 6.45) is 1.93. The number of hydrogen-bond donors (Lipinski definition) is 0. The summed E-state index contributed by atoms with van der Waals surface area (Å²) in [5.74, 6) is 0. The van der Waals surface area contributed by atoms with Crippen LogP contribution in [0.3, 0.4) is 0 Å². The molecule has 0 amide bonds. The fourth-order valence-corrected chi connectivity index (χ4v) is 8.06. The maximum Gasteiger partial charge on any atom is 0.0979 e. The minimum absolute atomic E-state index is 0.0109. The van der Waals surface area contributed by atoms with Crippen LogP contribution in [0, 0.1) is 0 Å². The molecular formula is C45H30N2. The summed E-state index contributed by atoms with van der Waals surface area (Å²) in [7, 11) is 0. The van der Waals surface area contributed by atoms with E-state index in [1.807, 2.05) is 6.20 Å². The van der Waals surface area contributed by atoms with Gasteiger partial charge in [0.05, 0.1) is 22.9 Å². The first kappa shape index (κ1) is 26.4. The lowest BCUT2D eigenvalue weighted by atomic mass is 9.81. The zero-order valence-corrected chi connectivity index (χ0v) is 26.3. The lowest BCUT2D eigenvalue weighted by Gasteiger charge is -2.22. The maximum atomic E-state index is 5.22. The molecule has 0 atom stereocenters. The Kier molecular flexibility index (Phi) is 5.37. The summed E-state index contributed by atoms with van der Waals surface area (Å²) < 4.78 is 0. The minimum atomic E-state index is -0.0109. The third kappa shape index (κ3) is 3.79. The quantitative estimate of drug-likeness (QED) is 0.185. The van der Waals surface area contributed by atoms with Crippen molar-refractivity contribution < 1.29 is 0 Å². The van der Waals surface area contributed by atoms with Crippen LogP contribution in [-0.4, -0.2) is 9.97 Å². The average molecular weight is 599 g/mol. The first-order chi connectivity index (χ1) is 23.0. The topological polar surface area (TPSA) is 25.8 Å². The Labute approximate surface area is 273 Å². The molecule has 0 bridgehead atoms. The van der Waals surface area contributed by atoms with Crippen molar-refractivity contribution in [2.24, 2.45) is 0 Å². The van der Waals surface area contributed by atoms with Crippen LogP contribution in [0.5, 0.6) is 0 Å². The molecule has 8 aromatic carbocycles. The molecule has 0 spiro atoms. The van der Waals surface area contributed by atoms with Gasteiger partial charge in [0, 0.05) is 21.8 Å². The van der Waals surface area contributed by atoms with Crippen LogP contribution in [0.25, 0.3) is 87.6 Å². The predicted molar refractivity (Wildman–Crippen MR) is 198 cm³/mol. The largest absolute Gasteiger partial charge is 0.252 e. The van der Waals surface area contributed by atoms with Gasteiger partial charge in [0.25, 0.3) is 0 Å². The van der Waals surface area contributed by atoms with E-state index in [2.05, 4.69) is 153 Å². The molecule has 0 saturated heterocycles. The molecule has 1 aliphatic rings. The van der Waals surface area contributed by atoms with Crippen molar-refractivity contribution in [2.75, 3.05) is 0 Å². The minimum Gasteiger partial charge on any atom is -0.252 e. The standard InChI is InChI=1S/C45H30N2/c1-45(2)40-14-8-7-11-36(40)37-22-18-28(25-41(37)45)27-17-20-32-29(23-27)15-16-30-24-31(19-21-33(30)32)42-26-46-43-38-12-5-3-9-34(38)35-10-4-6-13-39(35)44(43)47-42/h3-26H,1-2H3. The third-order valence-corrected chi connectivity index (χ3v) is 10.5. The lowest BCUT2D eigenvalue weighted by molar-refractivity contribution is 0.660. The second-order valence-electron chi connectivity index (χ2n) is 13.4. The zero-order valence-electron chi connectivity index (χ0n) is 26.3. The van der Waals surface area contributed by atoms with E-state index in [0.717, 1.165) is 33.1 Å². The molecular weight excluding hydrogens is 569 g/mol. The third-order valence-electron chi connectivity index (χ3n) is 10.5. The van der Waals surface area contributed by atoms with E-state index in [1.54, 1.807) is 0 Å². The normalized spacial score (nSPS) is 13.5. The zero-order chi connectivity index (χ0) is 31.3. The highest BCUT2D eigenvalue weighted by molar-refractivity contribution is 6.23. The van der Waals surface area contributed by atoms with E-state index >= 15 is 0 Å². The molecule has 9 aromatic rings. The molecule has 0 aliphatic heterocycles. The molecule has 47 heavy (non-hydrogen) atoms. The van der Waals surface area contributed by atoms with Gasteiger partial charge in [-0.1, -0.05) is 135 Å². The smallest absolute Gasteiger partial charge is 0.0979 e. The summed E-state index contributed by atoms with van der Waals surface area (Å²) in [6, 6.07) is 50.9. The molecule has 1 aliphatic carbocycles. The van der Waals surface area contributed by atoms with Crippen molar-refractivity contribution in [1.82, 2.24) is 9.97 Å². The summed E-state index contributed by atoms with van der Waals surface area (Å²) in [5.41, 5.74) is 11.9. The van der Waals surface area contributed by atoms with E-state index in [1.165, 1.54) is 65.7 Å². The van der Waals surface area contributed by atoms with Gasteiger partial charge in [-0.15, -0.1) is 0 Å². The Balaban J connectivity index is 1.06. The van der Waals surface area contributed by atoms with E-state index in [0.29, 0.717) is 0 Å². The highest BCUT2D eigenvalue weighted by Gasteiger charge is 2.35. The van der Waals surface area contributed by atoms with Crippen LogP contribution in [0.15, 0.2) is 146 Å². The number of fused-ring (bicyclic) bond motifs is 12. The molecule has 0 radical (unpaired) electrons. The van der Waals surface area contributed by atoms with Gasteiger partial charge < -0.3 is 0 Å². The first-order valence-corrected chi connectivity index (χ1v) is 16.3. The van der Waals surface area contributed by atoms with Gasteiger partial charge in [0.15, 0.2) is 0 Å². The van der Waals surface area contributed by atoms with Crippen molar-refractivity contribution in [2.45, 2.75) is 19.3 Å². The maximum absolute atomic E-state index is 5.22. The van der Waals surface area contributed by atoms with Gasteiger partial charge in [-0.2, -0.15) is 0 Å². The summed E-state index contributed by atoms with van der Waals surface area (Å²) in [5, 5.41) is 9.64. The second-order valence-corrected chi connectivity index (χ2v) is 13.4. The molecule has 2 heteroatoms. The van der Waals surface area contributed by atoms with Gasteiger partial charge in [0.2, 0.25) is 0 Å². The monoisotopic (exact) mass is 598 g/mol. The summed E-state index contributed by atoms with van der Waals surface area (Å²) in [6.45, 7) is 4.69. The van der Waals surface area contributed by atoms with E-state index in [-0.39, 0.29) is 5.41 Å². The fourth-order valence-electron chi connectivity index (χ4n) is 8.06. The number of benzene rings is 8. The second kappa shape index (κ2) is 9.57. The highest BCUT2D eigenvalue weighted by Crippen LogP contribution is 2.49. The van der Waals surface area contributed by atoms with Gasteiger partial charge in [-0.3, -0.25) is 4.98 Å². The highest BCUT2D eigenvalue weighted by atomic mass is 14.8. The van der Waals surface area contributed by atoms with Gasteiger partial charge in [-0.05, 0) is 83.9 Å². The van der Waals surface area contributed by atoms with Crippen molar-refractivity contribution in [1.29, 1.82) is 0 Å². The van der Waals surface area contributed by atoms with E-state index < -0.39 is 0 Å². The van der Waals surface area contributed by atoms with Crippen LogP contribution in [0.1, 0.15) is 25.0 Å². The predicted octanol–water partition coefficient (Wildman–Crippen LogP) is 11.9.